The molecule has 1 aliphatic rings. The highest BCUT2D eigenvalue weighted by Crippen LogP contribution is 2.35. The Morgan fingerprint density at radius 1 is 1.14 bits per heavy atom. The second kappa shape index (κ2) is 14.8. The van der Waals surface area contributed by atoms with E-state index in [9.17, 15) is 8.94 Å². The number of hydrogen-bond donors (Lipinski definition) is 1. The van der Waals surface area contributed by atoms with Crippen LogP contribution in [0.4, 0.5) is 4.39 Å². The lowest BCUT2D eigenvalue weighted by Gasteiger charge is -2.28. The summed E-state index contributed by atoms with van der Waals surface area (Å²) in [6.07, 6.45) is 4.29. The van der Waals surface area contributed by atoms with Gasteiger partial charge in [0.15, 0.2) is 0 Å². The standard InChI is InChI=1S/C30H45FN4O6SSi/c1-29(2,3)42(36)34-25(21-37-14-9-13-30(39-16-17-40-30)27-12-15-41-33-27)28-32-20-26(23-10-7-8-11-24(23)31)35(28)22-38-18-19-43(4,5)6/h7-8,10-12,15,20,25,34H,9,13-14,16-19,21-22H2,1-6H3/t25?,42-/m1/s1. The Morgan fingerprint density at radius 2 is 1.88 bits per heavy atom. The van der Waals surface area contributed by atoms with Gasteiger partial charge in [0, 0.05) is 50.7 Å². The van der Waals surface area contributed by atoms with Gasteiger partial charge in [0.05, 0.1) is 31.7 Å². The molecule has 3 heterocycles. The molecule has 4 rings (SSSR count). The summed E-state index contributed by atoms with van der Waals surface area (Å²) in [7, 11) is -1.31. The lowest BCUT2D eigenvalue weighted by molar-refractivity contribution is -0.177. The second-order valence-electron chi connectivity index (χ2n) is 12.8. The molecule has 10 nitrogen and oxygen atoms in total. The van der Waals surface area contributed by atoms with Crippen molar-refractivity contribution >= 4 is 19.4 Å². The van der Waals surface area contributed by atoms with Crippen molar-refractivity contribution in [1.82, 2.24) is 19.4 Å². The SMILES string of the molecule is CC(C)(C)[S@@+]([O-])NC(COCCCC1(c2ccon2)OCCO1)c1ncc(-c2ccccc2F)n1COCC[Si](C)(C)C. The van der Waals surface area contributed by atoms with Crippen molar-refractivity contribution in [2.24, 2.45) is 0 Å². The van der Waals surface area contributed by atoms with Crippen molar-refractivity contribution in [3.63, 3.8) is 0 Å². The minimum Gasteiger partial charge on any atom is -0.598 e. The van der Waals surface area contributed by atoms with Crippen LogP contribution in [0.5, 0.6) is 0 Å². The summed E-state index contributed by atoms with van der Waals surface area (Å²) in [5.41, 5.74) is 1.60. The van der Waals surface area contributed by atoms with Crippen molar-refractivity contribution < 1.29 is 32.4 Å². The van der Waals surface area contributed by atoms with Gasteiger partial charge in [-0.15, -0.1) is 4.72 Å². The molecule has 0 bridgehead atoms. The highest BCUT2D eigenvalue weighted by molar-refractivity contribution is 7.90. The number of benzene rings is 1. The molecular weight excluding hydrogens is 592 g/mol. The number of nitrogens with one attached hydrogen (secondary N) is 1. The first-order valence-corrected chi connectivity index (χ1v) is 19.6. The van der Waals surface area contributed by atoms with E-state index in [1.165, 1.54) is 12.3 Å². The van der Waals surface area contributed by atoms with Gasteiger partial charge in [-0.3, -0.25) is 0 Å². The Bertz CT molecular complexity index is 1270. The van der Waals surface area contributed by atoms with Crippen LogP contribution in [-0.2, 0) is 42.8 Å². The monoisotopic (exact) mass is 636 g/mol. The summed E-state index contributed by atoms with van der Waals surface area (Å²) in [5, 5.41) is 4.02. The summed E-state index contributed by atoms with van der Waals surface area (Å²) < 4.78 is 61.8. The third kappa shape index (κ3) is 9.21. The van der Waals surface area contributed by atoms with E-state index in [4.69, 9.17) is 28.5 Å². The Morgan fingerprint density at radius 3 is 2.53 bits per heavy atom. The molecule has 0 spiro atoms. The number of hydrogen-bond acceptors (Lipinski definition) is 9. The van der Waals surface area contributed by atoms with E-state index >= 15 is 0 Å². The van der Waals surface area contributed by atoms with Crippen LogP contribution in [0.25, 0.3) is 11.3 Å². The minimum atomic E-state index is -1.42. The second-order valence-corrected chi connectivity index (χ2v) is 20.4. The molecular formula is C30H45FN4O6SSi. The smallest absolute Gasteiger partial charge is 0.215 e. The maximum Gasteiger partial charge on any atom is 0.215 e. The Balaban J connectivity index is 1.52. The van der Waals surface area contributed by atoms with Crippen LogP contribution in [-0.4, -0.2) is 65.1 Å². The molecule has 1 N–H and O–H groups in total. The summed E-state index contributed by atoms with van der Waals surface area (Å²) in [6, 6.07) is 8.78. The van der Waals surface area contributed by atoms with Crippen molar-refractivity contribution in [3.8, 4) is 11.3 Å². The number of aromatic nitrogens is 3. The summed E-state index contributed by atoms with van der Waals surface area (Å²) in [5.74, 6) is -0.737. The molecule has 238 valence electrons. The molecule has 2 atom stereocenters. The van der Waals surface area contributed by atoms with E-state index in [1.54, 1.807) is 30.5 Å². The third-order valence-corrected chi connectivity index (χ3v) is 10.3. The maximum absolute atomic E-state index is 14.9. The molecule has 1 fully saturated rings. The zero-order valence-electron chi connectivity index (χ0n) is 26.1. The van der Waals surface area contributed by atoms with Crippen LogP contribution < -0.4 is 4.72 Å². The molecule has 2 aromatic heterocycles. The van der Waals surface area contributed by atoms with Crippen molar-refractivity contribution in [1.29, 1.82) is 0 Å². The fourth-order valence-corrected chi connectivity index (χ4v) is 6.12. The van der Waals surface area contributed by atoms with Gasteiger partial charge in [0.1, 0.15) is 41.1 Å². The Kier molecular flexibility index (Phi) is 11.6. The highest BCUT2D eigenvalue weighted by atomic mass is 32.2. The lowest BCUT2D eigenvalue weighted by atomic mass is 10.1. The first kappa shape index (κ1) is 33.8. The number of ether oxygens (including phenoxy) is 4. The van der Waals surface area contributed by atoms with E-state index in [2.05, 4.69) is 29.5 Å². The first-order valence-electron chi connectivity index (χ1n) is 14.7. The number of imidazole rings is 1. The lowest BCUT2D eigenvalue weighted by Crippen LogP contribution is -2.43. The van der Waals surface area contributed by atoms with E-state index in [1.807, 2.05) is 25.3 Å². The van der Waals surface area contributed by atoms with Crippen molar-refractivity contribution in [2.75, 3.05) is 33.0 Å². The number of halogens is 1. The molecule has 0 aliphatic carbocycles. The number of nitrogens with zero attached hydrogens (tertiary/aromatic N) is 3. The molecule has 1 unspecified atom stereocenters. The van der Waals surface area contributed by atoms with Crippen LogP contribution in [0.15, 0.2) is 47.3 Å². The van der Waals surface area contributed by atoms with Gasteiger partial charge >= 0.3 is 0 Å². The largest absolute Gasteiger partial charge is 0.598 e. The van der Waals surface area contributed by atoms with Gasteiger partial charge in [-0.1, -0.05) is 36.9 Å². The van der Waals surface area contributed by atoms with E-state index in [-0.39, 0.29) is 19.2 Å². The van der Waals surface area contributed by atoms with Crippen LogP contribution in [0.3, 0.4) is 0 Å². The Hall–Kier alpha value is -2.10. The molecule has 0 amide bonds. The van der Waals surface area contributed by atoms with Crippen LogP contribution in [0.2, 0.25) is 25.7 Å². The minimum absolute atomic E-state index is 0.179. The van der Waals surface area contributed by atoms with Gasteiger partial charge in [-0.2, -0.15) is 0 Å². The zero-order valence-corrected chi connectivity index (χ0v) is 27.9. The van der Waals surface area contributed by atoms with Gasteiger partial charge in [-0.05, 0) is 45.4 Å². The quantitative estimate of drug-likeness (QED) is 0.119. The fourth-order valence-electron chi connectivity index (χ4n) is 4.58. The molecule has 1 saturated heterocycles. The first-order chi connectivity index (χ1) is 20.4. The normalized spacial score (nSPS) is 16.9. The van der Waals surface area contributed by atoms with Gasteiger partial charge in [0.25, 0.3) is 0 Å². The van der Waals surface area contributed by atoms with Gasteiger partial charge in [-0.25, -0.2) is 9.37 Å². The summed E-state index contributed by atoms with van der Waals surface area (Å²) in [6.45, 7) is 14.9. The van der Waals surface area contributed by atoms with Crippen LogP contribution in [0, 0.1) is 5.82 Å². The van der Waals surface area contributed by atoms with E-state index < -0.39 is 36.0 Å². The molecule has 1 aliphatic heterocycles. The predicted molar refractivity (Wildman–Crippen MR) is 166 cm³/mol. The average Bonchev–Trinajstić information content (AvgIpc) is 3.71. The third-order valence-electron chi connectivity index (χ3n) is 7.03. The summed E-state index contributed by atoms with van der Waals surface area (Å²) >= 11 is -1.42. The van der Waals surface area contributed by atoms with Crippen molar-refractivity contribution in [2.45, 2.75) is 82.6 Å². The maximum atomic E-state index is 14.9. The number of rotatable bonds is 16. The van der Waals surface area contributed by atoms with Crippen molar-refractivity contribution in [3.05, 3.63) is 60.1 Å². The Labute approximate surface area is 257 Å². The molecule has 1 aromatic carbocycles. The topological polar surface area (TPSA) is 116 Å². The van der Waals surface area contributed by atoms with Gasteiger partial charge in [0.2, 0.25) is 5.79 Å². The average molecular weight is 637 g/mol. The van der Waals surface area contributed by atoms with Crippen LogP contribution >= 0.6 is 0 Å². The molecule has 0 saturated carbocycles. The fraction of sp³-hybridized carbons (Fsp3) is 0.600. The van der Waals surface area contributed by atoms with E-state index in [0.717, 1.165) is 6.04 Å². The van der Waals surface area contributed by atoms with Gasteiger partial charge < -0.3 is 32.6 Å². The zero-order chi connectivity index (χ0) is 31.1. The predicted octanol–water partition coefficient (Wildman–Crippen LogP) is 5.78. The van der Waals surface area contributed by atoms with Crippen LogP contribution in [0.1, 0.15) is 51.2 Å². The van der Waals surface area contributed by atoms with E-state index in [0.29, 0.717) is 62.0 Å². The highest BCUT2D eigenvalue weighted by Gasteiger charge is 2.40. The molecule has 43 heavy (non-hydrogen) atoms. The molecule has 0 radical (unpaired) electrons. The molecule has 3 aromatic rings. The molecule has 13 heteroatoms. The summed E-state index contributed by atoms with van der Waals surface area (Å²) in [4.78, 5) is 4.69.